The number of amides is 2. The normalized spacial score (nSPS) is 29.6. The largest absolute Gasteiger partial charge is 0.444 e. The highest BCUT2D eigenvalue weighted by Crippen LogP contribution is 2.38. The molecular formula is C13H21ClN2O4. The molecule has 0 aromatic rings. The predicted octanol–water partition coefficient (Wildman–Crippen LogP) is 1.91. The molecule has 2 fully saturated rings. The Morgan fingerprint density at radius 2 is 1.75 bits per heavy atom. The lowest BCUT2D eigenvalue weighted by atomic mass is 9.95. The highest BCUT2D eigenvalue weighted by molar-refractivity contribution is 6.62. The van der Waals surface area contributed by atoms with Crippen LogP contribution >= 0.6 is 11.6 Å². The summed E-state index contributed by atoms with van der Waals surface area (Å²) in [6, 6.07) is 0. The van der Waals surface area contributed by atoms with E-state index in [-0.39, 0.29) is 12.0 Å². The summed E-state index contributed by atoms with van der Waals surface area (Å²) in [4.78, 5) is 26.6. The Hall–Kier alpha value is -1.01. The maximum absolute atomic E-state index is 12.1. The molecule has 7 heteroatoms. The van der Waals surface area contributed by atoms with Crippen molar-refractivity contribution in [1.29, 1.82) is 0 Å². The Bertz CT molecular complexity index is 423. The molecule has 0 spiro atoms. The number of carbonyl (C=O) groups is 2. The molecule has 0 aliphatic carbocycles. The van der Waals surface area contributed by atoms with Gasteiger partial charge in [-0.15, -0.1) is 0 Å². The third kappa shape index (κ3) is 2.86. The van der Waals surface area contributed by atoms with Crippen molar-refractivity contribution in [2.45, 2.75) is 32.0 Å². The molecule has 0 unspecified atom stereocenters. The van der Waals surface area contributed by atoms with Crippen LogP contribution in [0, 0.1) is 5.92 Å². The molecule has 2 saturated heterocycles. The smallest absolute Gasteiger partial charge is 0.410 e. The summed E-state index contributed by atoms with van der Waals surface area (Å²) in [7, 11) is 1.60. The highest BCUT2D eigenvalue weighted by atomic mass is 35.5. The SMILES string of the molecule is CO[C@@]12CN(C(=O)Cl)C[C@H]1CN(C(=O)OC(C)(C)C)C2. The standard InChI is InChI=1S/C13H21ClN2O4/c1-12(2,3)20-11(18)16-6-9-5-15(10(14)17)7-13(9,8-16)19-4/h9H,5-8H2,1-4H3/t9-,13+/m0/s1. The van der Waals surface area contributed by atoms with Gasteiger partial charge in [0.1, 0.15) is 11.2 Å². The topological polar surface area (TPSA) is 59.1 Å². The molecule has 2 amide bonds. The van der Waals surface area contributed by atoms with Gasteiger partial charge in [0.2, 0.25) is 0 Å². The molecule has 2 heterocycles. The Morgan fingerprint density at radius 3 is 2.20 bits per heavy atom. The molecule has 0 N–H and O–H groups in total. The average Bonchev–Trinajstić information content (AvgIpc) is 2.79. The molecular weight excluding hydrogens is 284 g/mol. The fourth-order valence-electron chi connectivity index (χ4n) is 2.90. The number of hydrogen-bond acceptors (Lipinski definition) is 4. The summed E-state index contributed by atoms with van der Waals surface area (Å²) in [6.07, 6.45) is -0.341. The van der Waals surface area contributed by atoms with E-state index in [0.717, 1.165) is 0 Å². The summed E-state index contributed by atoms with van der Waals surface area (Å²) in [6.45, 7) is 7.36. The van der Waals surface area contributed by atoms with Crippen molar-refractivity contribution in [1.82, 2.24) is 9.80 Å². The van der Waals surface area contributed by atoms with Crippen molar-refractivity contribution in [3.8, 4) is 0 Å². The van der Waals surface area contributed by atoms with Gasteiger partial charge in [-0.3, -0.25) is 4.79 Å². The minimum absolute atomic E-state index is 0.0720. The van der Waals surface area contributed by atoms with E-state index in [2.05, 4.69) is 0 Å². The number of halogens is 1. The summed E-state index contributed by atoms with van der Waals surface area (Å²) in [5, 5.41) is -0.473. The number of rotatable bonds is 1. The van der Waals surface area contributed by atoms with Crippen molar-refractivity contribution in [2.24, 2.45) is 5.92 Å². The Morgan fingerprint density at radius 1 is 1.20 bits per heavy atom. The number of carbonyl (C=O) groups excluding carboxylic acids is 2. The zero-order chi connectivity index (χ0) is 15.1. The first-order chi connectivity index (χ1) is 9.17. The zero-order valence-electron chi connectivity index (χ0n) is 12.3. The van der Waals surface area contributed by atoms with Crippen LogP contribution < -0.4 is 0 Å². The summed E-state index contributed by atoms with van der Waals surface area (Å²) >= 11 is 5.53. The maximum atomic E-state index is 12.1. The monoisotopic (exact) mass is 304 g/mol. The van der Waals surface area contributed by atoms with Gasteiger partial charge in [-0.1, -0.05) is 0 Å². The second-order valence-corrected chi connectivity index (χ2v) is 6.78. The van der Waals surface area contributed by atoms with Crippen LogP contribution in [0.5, 0.6) is 0 Å². The van der Waals surface area contributed by atoms with Crippen molar-refractivity contribution in [3.63, 3.8) is 0 Å². The Balaban J connectivity index is 2.05. The van der Waals surface area contributed by atoms with E-state index in [0.29, 0.717) is 26.2 Å². The van der Waals surface area contributed by atoms with E-state index in [1.165, 1.54) is 0 Å². The first-order valence-corrected chi connectivity index (χ1v) is 7.02. The maximum Gasteiger partial charge on any atom is 0.410 e. The van der Waals surface area contributed by atoms with Gasteiger partial charge in [0.15, 0.2) is 0 Å². The molecule has 6 nitrogen and oxygen atoms in total. The first kappa shape index (κ1) is 15.4. The van der Waals surface area contributed by atoms with Gasteiger partial charge in [-0.25, -0.2) is 4.79 Å². The van der Waals surface area contributed by atoms with Crippen molar-refractivity contribution < 1.29 is 19.1 Å². The van der Waals surface area contributed by atoms with Crippen molar-refractivity contribution in [3.05, 3.63) is 0 Å². The number of likely N-dealkylation sites (tertiary alicyclic amines) is 2. The van der Waals surface area contributed by atoms with Gasteiger partial charge in [-0.05, 0) is 32.4 Å². The summed E-state index contributed by atoms with van der Waals surface area (Å²) in [5.41, 5.74) is -1.05. The first-order valence-electron chi connectivity index (χ1n) is 6.64. The molecule has 20 heavy (non-hydrogen) atoms. The second-order valence-electron chi connectivity index (χ2n) is 6.46. The quantitative estimate of drug-likeness (QED) is 0.548. The lowest BCUT2D eigenvalue weighted by Crippen LogP contribution is -2.44. The van der Waals surface area contributed by atoms with E-state index >= 15 is 0 Å². The number of ether oxygens (including phenoxy) is 2. The van der Waals surface area contributed by atoms with Gasteiger partial charge >= 0.3 is 11.5 Å². The molecule has 0 aromatic heterocycles. The Labute approximate surface area is 123 Å². The second kappa shape index (κ2) is 5.07. The zero-order valence-corrected chi connectivity index (χ0v) is 13.1. The fourth-order valence-corrected chi connectivity index (χ4v) is 3.03. The number of methoxy groups -OCH3 is 1. The molecule has 0 radical (unpaired) electrons. The van der Waals surface area contributed by atoms with E-state index in [1.807, 2.05) is 20.8 Å². The number of hydrogen-bond donors (Lipinski definition) is 0. The van der Waals surface area contributed by atoms with Gasteiger partial charge in [0.05, 0.1) is 13.1 Å². The van der Waals surface area contributed by atoms with E-state index < -0.39 is 16.6 Å². The van der Waals surface area contributed by atoms with E-state index in [9.17, 15) is 9.59 Å². The molecule has 2 atom stereocenters. The minimum atomic E-state index is -0.526. The molecule has 2 aliphatic rings. The van der Waals surface area contributed by atoms with Crippen LogP contribution in [0.2, 0.25) is 0 Å². The van der Waals surface area contributed by atoms with E-state index in [1.54, 1.807) is 16.9 Å². The summed E-state index contributed by atoms with van der Waals surface area (Å²) in [5.74, 6) is 0.0720. The lowest BCUT2D eigenvalue weighted by Gasteiger charge is -2.28. The molecule has 114 valence electrons. The van der Waals surface area contributed by atoms with Crippen LogP contribution in [-0.4, -0.2) is 65.8 Å². The van der Waals surface area contributed by atoms with Crippen LogP contribution in [-0.2, 0) is 9.47 Å². The molecule has 0 aromatic carbocycles. The van der Waals surface area contributed by atoms with Crippen molar-refractivity contribution in [2.75, 3.05) is 33.3 Å². The van der Waals surface area contributed by atoms with Crippen LogP contribution in [0.3, 0.4) is 0 Å². The third-order valence-electron chi connectivity index (χ3n) is 3.85. The van der Waals surface area contributed by atoms with Gasteiger partial charge in [0, 0.05) is 26.1 Å². The van der Waals surface area contributed by atoms with Crippen molar-refractivity contribution >= 4 is 23.1 Å². The Kier molecular flexibility index (Phi) is 3.90. The van der Waals surface area contributed by atoms with Gasteiger partial charge < -0.3 is 19.3 Å². The average molecular weight is 305 g/mol. The number of fused-ring (bicyclic) bond motifs is 1. The van der Waals surface area contributed by atoms with Crippen LogP contribution in [0.1, 0.15) is 20.8 Å². The minimum Gasteiger partial charge on any atom is -0.444 e. The van der Waals surface area contributed by atoms with Gasteiger partial charge in [-0.2, -0.15) is 0 Å². The molecule has 2 aliphatic heterocycles. The van der Waals surface area contributed by atoms with E-state index in [4.69, 9.17) is 21.1 Å². The van der Waals surface area contributed by atoms with Crippen LogP contribution in [0.15, 0.2) is 0 Å². The molecule has 0 saturated carbocycles. The highest BCUT2D eigenvalue weighted by Gasteiger charge is 2.55. The molecule has 0 bridgehead atoms. The lowest BCUT2D eigenvalue weighted by molar-refractivity contribution is -0.0152. The fraction of sp³-hybridized carbons (Fsp3) is 0.846. The van der Waals surface area contributed by atoms with Gasteiger partial charge in [0.25, 0.3) is 0 Å². The summed E-state index contributed by atoms with van der Waals surface area (Å²) < 4.78 is 11.0. The third-order valence-corrected chi connectivity index (χ3v) is 4.09. The van der Waals surface area contributed by atoms with Crippen LogP contribution in [0.4, 0.5) is 9.59 Å². The number of nitrogens with zero attached hydrogens (tertiary/aromatic N) is 2. The molecule has 2 rings (SSSR count). The van der Waals surface area contributed by atoms with Crippen LogP contribution in [0.25, 0.3) is 0 Å². The predicted molar refractivity (Wildman–Crippen MR) is 73.9 cm³/mol.